The summed E-state index contributed by atoms with van der Waals surface area (Å²) in [5.41, 5.74) is 4.40. The molecule has 4 aromatic rings. The second kappa shape index (κ2) is 8.75. The van der Waals surface area contributed by atoms with Crippen LogP contribution < -0.4 is 10.3 Å². The highest BCUT2D eigenvalue weighted by atomic mass is 32.2. The van der Waals surface area contributed by atoms with Crippen LogP contribution in [0.4, 0.5) is 0 Å². The normalized spacial score (nSPS) is 11.2. The number of fused-ring (bicyclic) bond motifs is 1. The number of thioether (sulfide) groups is 1. The summed E-state index contributed by atoms with van der Waals surface area (Å²) < 4.78 is 8.72. The van der Waals surface area contributed by atoms with E-state index < -0.39 is 0 Å². The molecule has 0 bridgehead atoms. The van der Waals surface area contributed by atoms with E-state index in [0.717, 1.165) is 17.1 Å². The lowest BCUT2D eigenvalue weighted by Crippen LogP contribution is -2.24. The third kappa shape index (κ3) is 4.11. The summed E-state index contributed by atoms with van der Waals surface area (Å²) in [6, 6.07) is 16.0. The molecule has 0 aliphatic carbocycles. The van der Waals surface area contributed by atoms with Gasteiger partial charge in [-0.15, -0.1) is 0 Å². The van der Waals surface area contributed by atoms with Crippen LogP contribution in [0.1, 0.15) is 23.6 Å². The van der Waals surface area contributed by atoms with Crippen LogP contribution in [0.3, 0.4) is 0 Å². The van der Waals surface area contributed by atoms with Crippen LogP contribution in [0.15, 0.2) is 64.7 Å². The first-order valence-corrected chi connectivity index (χ1v) is 10.9. The Kier molecular flexibility index (Phi) is 5.90. The van der Waals surface area contributed by atoms with Crippen molar-refractivity contribution in [3.63, 3.8) is 0 Å². The van der Waals surface area contributed by atoms with Crippen molar-refractivity contribution in [2.75, 3.05) is 7.11 Å². The first kappa shape index (κ1) is 20.2. The Hall–Kier alpha value is -3.06. The molecule has 2 heterocycles. The lowest BCUT2D eigenvalue weighted by molar-refractivity contribution is 0.414. The summed E-state index contributed by atoms with van der Waals surface area (Å²) in [6.45, 7) is 5.22. The zero-order valence-electron chi connectivity index (χ0n) is 17.3. The molecule has 0 saturated heterocycles. The third-order valence-corrected chi connectivity index (χ3v) is 6.10. The van der Waals surface area contributed by atoms with Crippen LogP contribution in [-0.2, 0) is 18.8 Å². The number of methoxy groups -OCH3 is 1. The van der Waals surface area contributed by atoms with Gasteiger partial charge in [0, 0.05) is 12.3 Å². The Morgan fingerprint density at radius 2 is 1.87 bits per heavy atom. The maximum atomic E-state index is 13.3. The van der Waals surface area contributed by atoms with Gasteiger partial charge in [0.2, 0.25) is 0 Å². The van der Waals surface area contributed by atoms with Crippen molar-refractivity contribution in [2.45, 2.75) is 37.8 Å². The Labute approximate surface area is 179 Å². The van der Waals surface area contributed by atoms with Crippen molar-refractivity contribution in [2.24, 2.45) is 0 Å². The van der Waals surface area contributed by atoms with Crippen LogP contribution in [0.2, 0.25) is 0 Å². The SMILES string of the molecule is CCn1cc2nc(SCc3ccccc3C)n(Cc3ccc(OC)cc3)c(=O)c2n1. The number of aryl methyl sites for hydroxylation is 2. The molecule has 0 spiro atoms. The molecule has 0 N–H and O–H groups in total. The average molecular weight is 421 g/mol. The van der Waals surface area contributed by atoms with Gasteiger partial charge < -0.3 is 4.74 Å². The molecule has 4 rings (SSSR count). The minimum atomic E-state index is -0.115. The molecule has 0 unspecified atom stereocenters. The van der Waals surface area contributed by atoms with Crippen LogP contribution >= 0.6 is 11.8 Å². The minimum Gasteiger partial charge on any atom is -0.497 e. The lowest BCUT2D eigenvalue weighted by Gasteiger charge is -2.13. The van der Waals surface area contributed by atoms with Crippen molar-refractivity contribution in [3.05, 3.63) is 81.8 Å². The highest BCUT2D eigenvalue weighted by molar-refractivity contribution is 7.98. The minimum absolute atomic E-state index is 0.115. The average Bonchev–Trinajstić information content (AvgIpc) is 3.19. The summed E-state index contributed by atoms with van der Waals surface area (Å²) in [4.78, 5) is 18.1. The second-order valence-electron chi connectivity index (χ2n) is 7.07. The van der Waals surface area contributed by atoms with Crippen LogP contribution in [-0.4, -0.2) is 26.4 Å². The van der Waals surface area contributed by atoms with E-state index in [2.05, 4.69) is 24.2 Å². The molecule has 2 aromatic heterocycles. The van der Waals surface area contributed by atoms with Gasteiger partial charge in [-0.25, -0.2) is 4.98 Å². The van der Waals surface area contributed by atoms with Crippen molar-refractivity contribution in [1.82, 2.24) is 19.3 Å². The van der Waals surface area contributed by atoms with E-state index >= 15 is 0 Å². The van der Waals surface area contributed by atoms with Gasteiger partial charge >= 0.3 is 0 Å². The van der Waals surface area contributed by atoms with Crippen LogP contribution in [0.5, 0.6) is 5.75 Å². The fourth-order valence-corrected chi connectivity index (χ4v) is 4.34. The van der Waals surface area contributed by atoms with E-state index in [1.54, 1.807) is 28.1 Å². The van der Waals surface area contributed by atoms with E-state index in [9.17, 15) is 4.79 Å². The highest BCUT2D eigenvalue weighted by Crippen LogP contribution is 2.24. The smallest absolute Gasteiger partial charge is 0.282 e. The third-order valence-electron chi connectivity index (χ3n) is 5.08. The van der Waals surface area contributed by atoms with Gasteiger partial charge in [-0.2, -0.15) is 5.10 Å². The number of rotatable bonds is 7. The Morgan fingerprint density at radius 3 is 2.57 bits per heavy atom. The van der Waals surface area contributed by atoms with E-state index in [4.69, 9.17) is 9.72 Å². The molecule has 0 aliphatic heterocycles. The number of nitrogens with zero attached hydrogens (tertiary/aromatic N) is 4. The summed E-state index contributed by atoms with van der Waals surface area (Å²) in [5.74, 6) is 1.53. The molecular weight excluding hydrogens is 396 g/mol. The number of ether oxygens (including phenoxy) is 1. The summed E-state index contributed by atoms with van der Waals surface area (Å²) >= 11 is 1.58. The molecule has 0 aliphatic rings. The van der Waals surface area contributed by atoms with Crippen molar-refractivity contribution < 1.29 is 4.74 Å². The largest absolute Gasteiger partial charge is 0.497 e. The van der Waals surface area contributed by atoms with E-state index in [1.807, 2.05) is 49.5 Å². The number of aromatic nitrogens is 4. The number of hydrogen-bond donors (Lipinski definition) is 0. The molecule has 0 fully saturated rings. The summed E-state index contributed by atoms with van der Waals surface area (Å²) in [7, 11) is 1.64. The summed E-state index contributed by atoms with van der Waals surface area (Å²) in [6.07, 6.45) is 1.84. The zero-order chi connectivity index (χ0) is 21.1. The molecule has 6 nitrogen and oxygen atoms in total. The van der Waals surface area contributed by atoms with Gasteiger partial charge in [0.25, 0.3) is 5.56 Å². The maximum Gasteiger partial charge on any atom is 0.282 e. The first-order chi connectivity index (χ1) is 14.6. The monoisotopic (exact) mass is 420 g/mol. The Morgan fingerprint density at radius 1 is 1.10 bits per heavy atom. The fourth-order valence-electron chi connectivity index (χ4n) is 3.26. The van der Waals surface area contributed by atoms with Gasteiger partial charge in [-0.05, 0) is 42.7 Å². The topological polar surface area (TPSA) is 61.9 Å². The van der Waals surface area contributed by atoms with Gasteiger partial charge in [-0.3, -0.25) is 14.0 Å². The van der Waals surface area contributed by atoms with E-state index in [0.29, 0.717) is 29.3 Å². The van der Waals surface area contributed by atoms with Gasteiger partial charge in [0.05, 0.1) is 19.9 Å². The number of hydrogen-bond acceptors (Lipinski definition) is 5. The standard InChI is InChI=1S/C23H24N4O2S/c1-4-26-14-20-21(25-26)22(28)27(13-17-9-11-19(29-3)12-10-17)23(24-20)30-15-18-8-6-5-7-16(18)2/h5-12,14H,4,13,15H2,1-3H3. The predicted octanol–water partition coefficient (Wildman–Crippen LogP) is 4.27. The molecule has 0 atom stereocenters. The first-order valence-electron chi connectivity index (χ1n) is 9.87. The van der Waals surface area contributed by atoms with Crippen molar-refractivity contribution in [3.8, 4) is 5.75 Å². The Balaban J connectivity index is 1.74. The zero-order valence-corrected chi connectivity index (χ0v) is 18.1. The number of benzene rings is 2. The van der Waals surface area contributed by atoms with E-state index in [-0.39, 0.29) is 5.56 Å². The van der Waals surface area contributed by atoms with Gasteiger partial charge in [-0.1, -0.05) is 48.2 Å². The van der Waals surface area contributed by atoms with Crippen molar-refractivity contribution in [1.29, 1.82) is 0 Å². The van der Waals surface area contributed by atoms with Crippen molar-refractivity contribution >= 4 is 22.8 Å². The molecule has 2 aromatic carbocycles. The molecule has 0 amide bonds. The highest BCUT2D eigenvalue weighted by Gasteiger charge is 2.16. The quantitative estimate of drug-likeness (QED) is 0.330. The molecule has 0 saturated carbocycles. The summed E-state index contributed by atoms with van der Waals surface area (Å²) in [5, 5.41) is 5.12. The fraction of sp³-hybridized carbons (Fsp3) is 0.261. The molecule has 0 radical (unpaired) electrons. The molecule has 154 valence electrons. The van der Waals surface area contributed by atoms with E-state index in [1.165, 1.54) is 11.1 Å². The molecule has 30 heavy (non-hydrogen) atoms. The van der Waals surface area contributed by atoms with Crippen LogP contribution in [0.25, 0.3) is 11.0 Å². The molecular formula is C23H24N4O2S. The van der Waals surface area contributed by atoms with Gasteiger partial charge in [0.1, 0.15) is 11.3 Å². The van der Waals surface area contributed by atoms with Crippen LogP contribution in [0, 0.1) is 6.92 Å². The van der Waals surface area contributed by atoms with Gasteiger partial charge in [0.15, 0.2) is 10.7 Å². The maximum absolute atomic E-state index is 13.3. The second-order valence-corrected chi connectivity index (χ2v) is 8.01. The Bertz CT molecular complexity index is 1230. The predicted molar refractivity (Wildman–Crippen MR) is 120 cm³/mol. The lowest BCUT2D eigenvalue weighted by atomic mass is 10.1. The molecule has 7 heteroatoms.